The molecule has 1 aromatic carbocycles. The van der Waals surface area contributed by atoms with Crippen LogP contribution >= 0.6 is 0 Å². The van der Waals surface area contributed by atoms with Crippen molar-refractivity contribution < 1.29 is 14.6 Å². The maximum atomic E-state index is 12.1. The average molecular weight is 317 g/mol. The lowest BCUT2D eigenvalue weighted by Gasteiger charge is -2.10. The van der Waals surface area contributed by atoms with Crippen LogP contribution in [-0.2, 0) is 11.2 Å². The van der Waals surface area contributed by atoms with Crippen LogP contribution in [0, 0.1) is 5.92 Å². The number of aliphatic hydroxyl groups excluding tert-OH is 1. The first-order chi connectivity index (χ1) is 11.1. The lowest BCUT2D eigenvalue weighted by atomic mass is 10.1. The van der Waals surface area contributed by atoms with Crippen LogP contribution in [0.1, 0.15) is 18.4 Å². The molecule has 6 heteroatoms. The van der Waals surface area contributed by atoms with Gasteiger partial charge in [0.05, 0.1) is 13.2 Å². The van der Waals surface area contributed by atoms with Crippen molar-refractivity contribution in [2.75, 3.05) is 13.7 Å². The van der Waals surface area contributed by atoms with Crippen LogP contribution in [0.5, 0.6) is 5.75 Å². The van der Waals surface area contributed by atoms with Crippen LogP contribution < -0.4 is 15.8 Å². The van der Waals surface area contributed by atoms with Crippen molar-refractivity contribution in [2.24, 2.45) is 11.7 Å². The van der Waals surface area contributed by atoms with Crippen LogP contribution in [0.15, 0.2) is 24.4 Å². The molecule has 0 spiro atoms. The number of methoxy groups -OCH3 is 1. The van der Waals surface area contributed by atoms with Crippen LogP contribution in [0.2, 0.25) is 0 Å². The predicted molar refractivity (Wildman–Crippen MR) is 88.3 cm³/mol. The Kier molecular flexibility index (Phi) is 4.54. The van der Waals surface area contributed by atoms with Gasteiger partial charge in [-0.1, -0.05) is 0 Å². The van der Waals surface area contributed by atoms with E-state index in [4.69, 9.17) is 10.5 Å². The lowest BCUT2D eigenvalue weighted by molar-refractivity contribution is -0.125. The number of carbonyl (C=O) groups is 1. The Labute approximate surface area is 135 Å². The highest BCUT2D eigenvalue weighted by Crippen LogP contribution is 2.25. The van der Waals surface area contributed by atoms with Gasteiger partial charge >= 0.3 is 0 Å². The number of amides is 1. The standard InChI is InChI=1S/C17H23N3O3/c1-23-12-2-3-15-13(8-12)10(9-20-15)4-5-19-17(22)11-6-14(18)16(21)7-11/h2-3,8-9,11,14,16,20-21H,4-7,18H2,1H3,(H,19,22)/t11-,14+,16+/m0/s1. The number of carbonyl (C=O) groups excluding carboxylic acids is 1. The summed E-state index contributed by atoms with van der Waals surface area (Å²) in [4.78, 5) is 15.3. The Morgan fingerprint density at radius 2 is 2.30 bits per heavy atom. The summed E-state index contributed by atoms with van der Waals surface area (Å²) in [5.41, 5.74) is 7.95. The van der Waals surface area contributed by atoms with E-state index in [2.05, 4.69) is 10.3 Å². The number of rotatable bonds is 5. The second-order valence-corrected chi connectivity index (χ2v) is 6.17. The van der Waals surface area contributed by atoms with Gasteiger partial charge in [-0.3, -0.25) is 4.79 Å². The number of hydrogen-bond acceptors (Lipinski definition) is 4. The molecule has 1 aliphatic carbocycles. The summed E-state index contributed by atoms with van der Waals surface area (Å²) in [5.74, 6) is 0.619. The number of aliphatic hydroxyl groups is 1. The Morgan fingerprint density at radius 1 is 1.48 bits per heavy atom. The number of fused-ring (bicyclic) bond motifs is 1. The molecule has 1 aliphatic rings. The molecule has 1 fully saturated rings. The first-order valence-electron chi connectivity index (χ1n) is 7.94. The molecule has 3 atom stereocenters. The number of aromatic nitrogens is 1. The van der Waals surface area contributed by atoms with Crippen LogP contribution in [0.4, 0.5) is 0 Å². The molecule has 0 saturated heterocycles. The number of benzene rings is 1. The molecule has 0 bridgehead atoms. The quantitative estimate of drug-likeness (QED) is 0.659. The summed E-state index contributed by atoms with van der Waals surface area (Å²) in [6, 6.07) is 5.61. The van der Waals surface area contributed by atoms with Crippen molar-refractivity contribution in [3.63, 3.8) is 0 Å². The number of hydrogen-bond donors (Lipinski definition) is 4. The van der Waals surface area contributed by atoms with E-state index in [0.29, 0.717) is 19.4 Å². The third-order valence-corrected chi connectivity index (χ3v) is 4.62. The number of ether oxygens (including phenoxy) is 1. The van der Waals surface area contributed by atoms with Gasteiger partial charge in [-0.25, -0.2) is 0 Å². The highest BCUT2D eigenvalue weighted by atomic mass is 16.5. The number of H-pyrrole nitrogens is 1. The molecule has 23 heavy (non-hydrogen) atoms. The van der Waals surface area contributed by atoms with Crippen molar-refractivity contribution in [3.8, 4) is 5.75 Å². The molecular weight excluding hydrogens is 294 g/mol. The van der Waals surface area contributed by atoms with Gasteiger partial charge in [-0.15, -0.1) is 0 Å². The summed E-state index contributed by atoms with van der Waals surface area (Å²) in [6.07, 6.45) is 3.15. The summed E-state index contributed by atoms with van der Waals surface area (Å²) < 4.78 is 5.26. The molecule has 0 radical (unpaired) electrons. The number of aromatic amines is 1. The van der Waals surface area contributed by atoms with Crippen LogP contribution in [0.3, 0.4) is 0 Å². The van der Waals surface area contributed by atoms with Crippen molar-refractivity contribution in [1.82, 2.24) is 10.3 Å². The average Bonchev–Trinajstić information content (AvgIpc) is 3.10. The van der Waals surface area contributed by atoms with Crippen molar-refractivity contribution in [1.29, 1.82) is 0 Å². The van der Waals surface area contributed by atoms with Gasteiger partial charge in [0.2, 0.25) is 5.91 Å². The van der Waals surface area contributed by atoms with Gasteiger partial charge in [0, 0.05) is 35.6 Å². The molecule has 0 aliphatic heterocycles. The smallest absolute Gasteiger partial charge is 0.223 e. The first kappa shape index (κ1) is 15.8. The van der Waals surface area contributed by atoms with E-state index >= 15 is 0 Å². The molecule has 1 amide bonds. The molecule has 1 saturated carbocycles. The topological polar surface area (TPSA) is 100 Å². The second kappa shape index (κ2) is 6.60. The zero-order chi connectivity index (χ0) is 16.4. The molecule has 5 N–H and O–H groups in total. The zero-order valence-corrected chi connectivity index (χ0v) is 13.2. The molecule has 3 rings (SSSR count). The first-order valence-corrected chi connectivity index (χ1v) is 7.94. The molecular formula is C17H23N3O3. The maximum absolute atomic E-state index is 12.1. The maximum Gasteiger partial charge on any atom is 0.223 e. The van der Waals surface area contributed by atoms with Crippen LogP contribution in [0.25, 0.3) is 10.9 Å². The summed E-state index contributed by atoms with van der Waals surface area (Å²) in [7, 11) is 1.65. The van der Waals surface area contributed by atoms with E-state index in [-0.39, 0.29) is 17.9 Å². The highest BCUT2D eigenvalue weighted by molar-refractivity contribution is 5.85. The summed E-state index contributed by atoms with van der Waals surface area (Å²) >= 11 is 0. The lowest BCUT2D eigenvalue weighted by Crippen LogP contribution is -2.32. The fourth-order valence-corrected chi connectivity index (χ4v) is 3.22. The van der Waals surface area contributed by atoms with Gasteiger partial charge in [0.15, 0.2) is 0 Å². The van der Waals surface area contributed by atoms with Gasteiger partial charge in [-0.05, 0) is 43.0 Å². The third kappa shape index (κ3) is 3.33. The molecule has 2 aromatic rings. The molecule has 1 aromatic heterocycles. The minimum Gasteiger partial charge on any atom is -0.497 e. The molecule has 124 valence electrons. The molecule has 6 nitrogen and oxygen atoms in total. The Morgan fingerprint density at radius 3 is 3.00 bits per heavy atom. The van der Waals surface area contributed by atoms with Gasteiger partial charge in [-0.2, -0.15) is 0 Å². The fourth-order valence-electron chi connectivity index (χ4n) is 3.22. The summed E-state index contributed by atoms with van der Waals surface area (Å²) in [6.45, 7) is 0.560. The minimum atomic E-state index is -0.563. The van der Waals surface area contributed by atoms with Gasteiger partial charge in [0.1, 0.15) is 5.75 Å². The summed E-state index contributed by atoms with van der Waals surface area (Å²) in [5, 5.41) is 13.7. The monoisotopic (exact) mass is 317 g/mol. The number of nitrogens with one attached hydrogen (secondary N) is 2. The van der Waals surface area contributed by atoms with Gasteiger partial charge in [0.25, 0.3) is 0 Å². The third-order valence-electron chi connectivity index (χ3n) is 4.62. The number of nitrogens with two attached hydrogens (primary N) is 1. The highest BCUT2D eigenvalue weighted by Gasteiger charge is 2.34. The fraction of sp³-hybridized carbons (Fsp3) is 0.471. The van der Waals surface area contributed by atoms with E-state index in [1.807, 2.05) is 24.4 Å². The minimum absolute atomic E-state index is 0.0191. The van der Waals surface area contributed by atoms with Crippen molar-refractivity contribution in [3.05, 3.63) is 30.0 Å². The molecule has 0 unspecified atom stereocenters. The SMILES string of the molecule is COc1ccc2[nH]cc(CCNC(=O)[C@H]3C[C@@H](N)[C@H](O)C3)c2c1. The van der Waals surface area contributed by atoms with E-state index in [0.717, 1.165) is 28.6 Å². The van der Waals surface area contributed by atoms with E-state index < -0.39 is 6.10 Å². The van der Waals surface area contributed by atoms with E-state index in [9.17, 15) is 9.90 Å². The Bertz CT molecular complexity index is 687. The second-order valence-electron chi connectivity index (χ2n) is 6.17. The largest absolute Gasteiger partial charge is 0.497 e. The van der Waals surface area contributed by atoms with E-state index in [1.165, 1.54) is 0 Å². The van der Waals surface area contributed by atoms with Gasteiger partial charge < -0.3 is 25.9 Å². The Hall–Kier alpha value is -2.05. The van der Waals surface area contributed by atoms with E-state index in [1.54, 1.807) is 7.11 Å². The van der Waals surface area contributed by atoms with Crippen molar-refractivity contribution in [2.45, 2.75) is 31.4 Å². The predicted octanol–water partition coefficient (Wildman–Crippen LogP) is 0.933. The zero-order valence-electron chi connectivity index (χ0n) is 13.2. The van der Waals surface area contributed by atoms with Crippen LogP contribution in [-0.4, -0.2) is 41.8 Å². The normalized spacial score (nSPS) is 24.0. The van der Waals surface area contributed by atoms with Crippen molar-refractivity contribution >= 4 is 16.8 Å². The Balaban J connectivity index is 1.57. The molecule has 1 heterocycles.